The zero-order valence-electron chi connectivity index (χ0n) is 21.1. The van der Waals surface area contributed by atoms with E-state index in [9.17, 15) is 14.7 Å². The second-order valence-corrected chi connectivity index (χ2v) is 9.94. The smallest absolute Gasteiger partial charge is 0.224 e. The van der Waals surface area contributed by atoms with Crippen LogP contribution >= 0.6 is 11.6 Å². The Bertz CT molecular complexity index is 1620. The van der Waals surface area contributed by atoms with Crippen LogP contribution in [0.25, 0.3) is 22.1 Å². The molecule has 1 atom stereocenters. The van der Waals surface area contributed by atoms with Gasteiger partial charge in [-0.2, -0.15) is 0 Å². The average Bonchev–Trinajstić information content (AvgIpc) is 3.52. The Labute approximate surface area is 224 Å². The molecule has 0 aliphatic rings. The van der Waals surface area contributed by atoms with E-state index in [1.807, 2.05) is 54.4 Å². The molecule has 0 spiro atoms. The molecule has 0 saturated carbocycles. The van der Waals surface area contributed by atoms with Gasteiger partial charge in [0.1, 0.15) is 23.2 Å². The first-order valence-corrected chi connectivity index (χ1v) is 12.6. The van der Waals surface area contributed by atoms with Gasteiger partial charge in [-0.25, -0.2) is 0 Å². The molecule has 0 saturated heterocycles. The molecule has 5 rings (SSSR count). The number of likely N-dealkylation sites (N-methyl/N-ethyl adjacent to an activating group) is 1. The topological polar surface area (TPSA) is 101 Å². The highest BCUT2D eigenvalue weighted by atomic mass is 35.5. The summed E-state index contributed by atoms with van der Waals surface area (Å²) in [5, 5.41) is 15.5. The molecule has 2 aromatic carbocycles. The highest BCUT2D eigenvalue weighted by Gasteiger charge is 2.19. The number of aryl methyl sites for hydroxylation is 1. The minimum absolute atomic E-state index is 0.0414. The molecule has 5 aromatic rings. The molecule has 2 N–H and O–H groups in total. The molecule has 0 bridgehead atoms. The SMILES string of the molecule is CN(Cc1cc2c(=O)c(CC(=O)NCc3ccc(Cl)cc3)cn(C)c2o1)CC(O)c1cc2ccccc2o1. The van der Waals surface area contributed by atoms with Gasteiger partial charge < -0.3 is 23.8 Å². The third kappa shape index (κ3) is 5.67. The van der Waals surface area contributed by atoms with Crippen molar-refractivity contribution < 1.29 is 18.7 Å². The van der Waals surface area contributed by atoms with Gasteiger partial charge in [0.05, 0.1) is 18.4 Å². The highest BCUT2D eigenvalue weighted by Crippen LogP contribution is 2.25. The molecule has 1 amide bonds. The zero-order valence-corrected chi connectivity index (χ0v) is 21.9. The maximum absolute atomic E-state index is 13.1. The van der Waals surface area contributed by atoms with E-state index >= 15 is 0 Å². The lowest BCUT2D eigenvalue weighted by Gasteiger charge is -2.18. The summed E-state index contributed by atoms with van der Waals surface area (Å²) in [5.74, 6) is 0.825. The van der Waals surface area contributed by atoms with E-state index in [-0.39, 0.29) is 17.8 Å². The number of halogens is 1. The Morgan fingerprint density at radius 3 is 2.66 bits per heavy atom. The summed E-state index contributed by atoms with van der Waals surface area (Å²) in [6.07, 6.45) is 0.774. The Balaban J connectivity index is 1.25. The van der Waals surface area contributed by atoms with Crippen molar-refractivity contribution in [2.24, 2.45) is 7.05 Å². The van der Waals surface area contributed by atoms with Crippen LogP contribution in [0.2, 0.25) is 5.02 Å². The first-order chi connectivity index (χ1) is 18.3. The Morgan fingerprint density at radius 2 is 1.89 bits per heavy atom. The molecule has 0 fully saturated rings. The third-order valence-corrected chi connectivity index (χ3v) is 6.66. The number of para-hydroxylation sites is 1. The number of aliphatic hydroxyl groups is 1. The number of fused-ring (bicyclic) bond motifs is 2. The fraction of sp³-hybridized carbons (Fsp3) is 0.241. The number of aliphatic hydroxyl groups excluding tert-OH is 1. The number of aromatic nitrogens is 1. The second-order valence-electron chi connectivity index (χ2n) is 9.51. The van der Waals surface area contributed by atoms with Crippen molar-refractivity contribution >= 4 is 39.6 Å². The summed E-state index contributed by atoms with van der Waals surface area (Å²) in [6.45, 7) is 1.04. The number of hydrogen-bond donors (Lipinski definition) is 2. The van der Waals surface area contributed by atoms with Crippen molar-refractivity contribution in [3.8, 4) is 0 Å². The van der Waals surface area contributed by atoms with Crippen molar-refractivity contribution in [1.82, 2.24) is 14.8 Å². The molecule has 9 heteroatoms. The normalized spacial score (nSPS) is 12.4. The summed E-state index contributed by atoms with van der Waals surface area (Å²) in [7, 11) is 3.63. The van der Waals surface area contributed by atoms with E-state index < -0.39 is 6.10 Å². The van der Waals surface area contributed by atoms with Crippen molar-refractivity contribution in [2.75, 3.05) is 13.6 Å². The van der Waals surface area contributed by atoms with E-state index in [0.29, 0.717) is 52.8 Å². The number of furan rings is 2. The predicted molar refractivity (Wildman–Crippen MR) is 146 cm³/mol. The Kier molecular flexibility index (Phi) is 7.37. The van der Waals surface area contributed by atoms with Crippen molar-refractivity contribution in [1.29, 1.82) is 0 Å². The van der Waals surface area contributed by atoms with Crippen LogP contribution in [-0.4, -0.2) is 34.1 Å². The van der Waals surface area contributed by atoms with Gasteiger partial charge in [0.15, 0.2) is 5.43 Å². The van der Waals surface area contributed by atoms with Gasteiger partial charge in [-0.3, -0.25) is 14.5 Å². The molecular formula is C29H28ClN3O5. The Morgan fingerprint density at radius 1 is 1.13 bits per heavy atom. The quantitative estimate of drug-likeness (QED) is 0.288. The molecule has 196 valence electrons. The fourth-order valence-electron chi connectivity index (χ4n) is 4.50. The number of carbonyl (C=O) groups excluding carboxylic acids is 1. The average molecular weight is 534 g/mol. The first kappa shape index (κ1) is 25.8. The van der Waals surface area contributed by atoms with Crippen LogP contribution in [0.1, 0.15) is 28.8 Å². The highest BCUT2D eigenvalue weighted by molar-refractivity contribution is 6.30. The van der Waals surface area contributed by atoms with Gasteiger partial charge >= 0.3 is 0 Å². The summed E-state index contributed by atoms with van der Waals surface area (Å²) in [6, 6.07) is 18.4. The monoisotopic (exact) mass is 533 g/mol. The van der Waals surface area contributed by atoms with Crippen molar-refractivity contribution in [2.45, 2.75) is 25.6 Å². The van der Waals surface area contributed by atoms with Gasteiger partial charge in [0.25, 0.3) is 0 Å². The fourth-order valence-corrected chi connectivity index (χ4v) is 4.63. The first-order valence-electron chi connectivity index (χ1n) is 12.2. The minimum Gasteiger partial charge on any atom is -0.458 e. The number of amides is 1. The molecule has 0 aliphatic heterocycles. The standard InChI is InChI=1S/C29H28ClN3O5/c1-32(17-24(34)26-11-19-5-3-4-6-25(19)38-26)16-22-13-23-28(36)20(15-33(2)29(23)37-22)12-27(35)31-14-18-7-9-21(30)10-8-18/h3-11,13,15,24,34H,12,14,16-17H2,1-2H3,(H,31,35). The van der Waals surface area contributed by atoms with Crippen molar-refractivity contribution in [3.05, 3.63) is 105 Å². The van der Waals surface area contributed by atoms with Gasteiger partial charge in [-0.1, -0.05) is 41.9 Å². The van der Waals surface area contributed by atoms with Crippen LogP contribution in [-0.2, 0) is 31.4 Å². The molecule has 38 heavy (non-hydrogen) atoms. The van der Waals surface area contributed by atoms with Crippen LogP contribution < -0.4 is 10.7 Å². The van der Waals surface area contributed by atoms with Gasteiger partial charge in [-0.05, 0) is 42.9 Å². The minimum atomic E-state index is -0.819. The summed E-state index contributed by atoms with van der Waals surface area (Å²) >= 11 is 5.90. The number of carbonyl (C=O) groups is 1. The third-order valence-electron chi connectivity index (χ3n) is 6.41. The van der Waals surface area contributed by atoms with Crippen LogP contribution in [0.5, 0.6) is 0 Å². The second kappa shape index (κ2) is 10.9. The molecule has 8 nitrogen and oxygen atoms in total. The Hall–Kier alpha value is -3.85. The number of hydrogen-bond acceptors (Lipinski definition) is 6. The lowest BCUT2D eigenvalue weighted by molar-refractivity contribution is -0.120. The molecule has 1 unspecified atom stereocenters. The van der Waals surface area contributed by atoms with Gasteiger partial charge in [-0.15, -0.1) is 0 Å². The summed E-state index contributed by atoms with van der Waals surface area (Å²) < 4.78 is 13.4. The van der Waals surface area contributed by atoms with Crippen LogP contribution in [0, 0.1) is 0 Å². The molecule has 0 aliphatic carbocycles. The zero-order chi connectivity index (χ0) is 26.8. The molecule has 0 radical (unpaired) electrons. The van der Waals surface area contributed by atoms with Gasteiger partial charge in [0, 0.05) is 42.3 Å². The van der Waals surface area contributed by atoms with E-state index in [1.165, 1.54) is 0 Å². The lowest BCUT2D eigenvalue weighted by atomic mass is 10.1. The van der Waals surface area contributed by atoms with Crippen LogP contribution in [0.4, 0.5) is 0 Å². The van der Waals surface area contributed by atoms with Gasteiger partial charge in [0.2, 0.25) is 11.6 Å². The summed E-state index contributed by atoms with van der Waals surface area (Å²) in [5.41, 5.74) is 2.22. The molecule has 3 aromatic heterocycles. The van der Waals surface area contributed by atoms with Crippen LogP contribution in [0.15, 0.2) is 80.5 Å². The van der Waals surface area contributed by atoms with E-state index in [1.54, 1.807) is 36.0 Å². The van der Waals surface area contributed by atoms with Crippen molar-refractivity contribution in [3.63, 3.8) is 0 Å². The van der Waals surface area contributed by atoms with Crippen LogP contribution in [0.3, 0.4) is 0 Å². The number of benzene rings is 2. The maximum atomic E-state index is 13.1. The predicted octanol–water partition coefficient (Wildman–Crippen LogP) is 4.56. The summed E-state index contributed by atoms with van der Waals surface area (Å²) in [4.78, 5) is 27.6. The molecular weight excluding hydrogens is 506 g/mol. The maximum Gasteiger partial charge on any atom is 0.224 e. The molecule has 3 heterocycles. The van der Waals surface area contributed by atoms with E-state index in [4.69, 9.17) is 20.4 Å². The lowest BCUT2D eigenvalue weighted by Crippen LogP contribution is -2.27. The number of pyridine rings is 1. The number of rotatable bonds is 9. The number of nitrogens with zero attached hydrogens (tertiary/aromatic N) is 2. The number of nitrogens with one attached hydrogen (secondary N) is 1. The van der Waals surface area contributed by atoms with E-state index in [2.05, 4.69) is 5.32 Å². The van der Waals surface area contributed by atoms with E-state index in [0.717, 1.165) is 16.5 Å². The largest absolute Gasteiger partial charge is 0.458 e.